The zero-order chi connectivity index (χ0) is 16.1. The van der Waals surface area contributed by atoms with E-state index in [0.29, 0.717) is 16.4 Å². The summed E-state index contributed by atoms with van der Waals surface area (Å²) in [5.74, 6) is -0.117. The first kappa shape index (κ1) is 16.8. The number of nitrogens with zero attached hydrogens (tertiary/aromatic N) is 1. The smallest absolute Gasteiger partial charge is 0.251 e. The number of carbonyl (C=O) groups excluding carboxylic acids is 1. The van der Waals surface area contributed by atoms with E-state index in [1.807, 2.05) is 49.3 Å². The topological polar surface area (TPSA) is 41.6 Å². The van der Waals surface area contributed by atoms with E-state index in [2.05, 4.69) is 5.32 Å². The van der Waals surface area contributed by atoms with Crippen molar-refractivity contribution >= 4 is 34.5 Å². The summed E-state index contributed by atoms with van der Waals surface area (Å²) in [6, 6.07) is 11.2. The van der Waals surface area contributed by atoms with Crippen LogP contribution < -0.4 is 10.2 Å². The number of rotatable bonds is 6. The summed E-state index contributed by atoms with van der Waals surface area (Å²) in [7, 11) is 5.51. The lowest BCUT2D eigenvalue weighted by Crippen LogP contribution is -2.29. The molecule has 0 fully saturated rings. The largest absolute Gasteiger partial charge is 0.378 e. The van der Waals surface area contributed by atoms with E-state index >= 15 is 0 Å². The highest BCUT2D eigenvalue weighted by Gasteiger charge is 2.15. The molecule has 0 spiro atoms. The summed E-state index contributed by atoms with van der Waals surface area (Å²) in [6.45, 7) is 0.401. The molecule has 2 rings (SSSR count). The van der Waals surface area contributed by atoms with Crippen LogP contribution in [0.4, 0.5) is 5.69 Å². The molecule has 1 aromatic heterocycles. The Morgan fingerprint density at radius 1 is 1.36 bits per heavy atom. The van der Waals surface area contributed by atoms with Crippen LogP contribution in [0.3, 0.4) is 0 Å². The second-order valence-corrected chi connectivity index (χ2v) is 6.77. The molecule has 1 heterocycles. The second-order valence-electron chi connectivity index (χ2n) is 5.02. The van der Waals surface area contributed by atoms with Gasteiger partial charge >= 0.3 is 0 Å². The molecule has 4 nitrogen and oxygen atoms in total. The van der Waals surface area contributed by atoms with Crippen molar-refractivity contribution in [3.8, 4) is 0 Å². The third kappa shape index (κ3) is 4.22. The van der Waals surface area contributed by atoms with Crippen molar-refractivity contribution in [1.29, 1.82) is 0 Å². The molecular formula is C16H19ClN2O2S. The minimum absolute atomic E-state index is 0.117. The average molecular weight is 339 g/mol. The molecule has 22 heavy (non-hydrogen) atoms. The summed E-state index contributed by atoms with van der Waals surface area (Å²) in [4.78, 5) is 15.2. The highest BCUT2D eigenvalue weighted by molar-refractivity contribution is 7.16. The van der Waals surface area contributed by atoms with Crippen molar-refractivity contribution in [2.24, 2.45) is 0 Å². The molecule has 1 atom stereocenters. The lowest BCUT2D eigenvalue weighted by molar-refractivity contribution is 0.0837. The number of methoxy groups -OCH3 is 1. The molecule has 1 N–H and O–H groups in total. The Kier molecular flexibility index (Phi) is 5.83. The van der Waals surface area contributed by atoms with Gasteiger partial charge in [-0.05, 0) is 30.3 Å². The van der Waals surface area contributed by atoms with Gasteiger partial charge in [0.25, 0.3) is 5.91 Å². The van der Waals surface area contributed by atoms with Gasteiger partial charge in [0.2, 0.25) is 0 Å². The minimum atomic E-state index is -0.196. The summed E-state index contributed by atoms with van der Waals surface area (Å²) in [6.07, 6.45) is -0.196. The second kappa shape index (κ2) is 7.63. The van der Waals surface area contributed by atoms with Crippen molar-refractivity contribution < 1.29 is 9.53 Å². The van der Waals surface area contributed by atoms with Crippen LogP contribution >= 0.6 is 22.9 Å². The van der Waals surface area contributed by atoms with E-state index in [-0.39, 0.29) is 12.0 Å². The third-order valence-corrected chi connectivity index (χ3v) is 4.59. The van der Waals surface area contributed by atoms with Crippen LogP contribution in [-0.2, 0) is 4.74 Å². The van der Waals surface area contributed by atoms with Gasteiger partial charge in [0, 0.05) is 43.9 Å². The molecule has 0 aliphatic rings. The van der Waals surface area contributed by atoms with Gasteiger partial charge in [-0.1, -0.05) is 17.7 Å². The fraction of sp³-hybridized carbons (Fsp3) is 0.312. The Bertz CT molecular complexity index is 643. The van der Waals surface area contributed by atoms with Crippen molar-refractivity contribution in [2.75, 3.05) is 32.6 Å². The highest BCUT2D eigenvalue weighted by atomic mass is 35.5. The number of benzene rings is 1. The van der Waals surface area contributed by atoms with Crippen LogP contribution in [0.2, 0.25) is 4.34 Å². The molecule has 0 aliphatic heterocycles. The standard InChI is InChI=1S/C16H19ClN2O2S/c1-19(2)12-6-4-5-11(9-12)16(20)18-10-13(21-3)14-7-8-15(17)22-14/h4-9,13H,10H2,1-3H3,(H,18,20)/t13-/m0/s1. The quantitative estimate of drug-likeness (QED) is 0.875. The van der Waals surface area contributed by atoms with Gasteiger partial charge < -0.3 is 15.0 Å². The molecular weight excluding hydrogens is 320 g/mol. The normalized spacial score (nSPS) is 12.0. The van der Waals surface area contributed by atoms with Crippen LogP contribution in [0.1, 0.15) is 21.3 Å². The van der Waals surface area contributed by atoms with E-state index in [0.717, 1.165) is 10.6 Å². The summed E-state index contributed by atoms with van der Waals surface area (Å²) < 4.78 is 6.14. The van der Waals surface area contributed by atoms with Crippen LogP contribution in [0.5, 0.6) is 0 Å². The van der Waals surface area contributed by atoms with Gasteiger partial charge in [0.15, 0.2) is 0 Å². The maximum Gasteiger partial charge on any atom is 0.251 e. The van der Waals surface area contributed by atoms with Crippen molar-refractivity contribution in [3.63, 3.8) is 0 Å². The van der Waals surface area contributed by atoms with Crippen LogP contribution in [0.25, 0.3) is 0 Å². The maximum absolute atomic E-state index is 12.3. The van der Waals surface area contributed by atoms with Gasteiger partial charge in [-0.25, -0.2) is 0 Å². The monoisotopic (exact) mass is 338 g/mol. The molecule has 0 saturated heterocycles. The van der Waals surface area contributed by atoms with Crippen LogP contribution in [0, 0.1) is 0 Å². The number of halogens is 1. The molecule has 0 saturated carbocycles. The number of thiophene rings is 1. The molecule has 1 amide bonds. The van der Waals surface area contributed by atoms with Crippen LogP contribution in [0.15, 0.2) is 36.4 Å². The SMILES string of the molecule is CO[C@@H](CNC(=O)c1cccc(N(C)C)c1)c1ccc(Cl)s1. The van der Waals surface area contributed by atoms with E-state index < -0.39 is 0 Å². The Labute approximate surface area is 139 Å². The average Bonchev–Trinajstić information content (AvgIpc) is 2.94. The number of ether oxygens (including phenoxy) is 1. The van der Waals surface area contributed by atoms with Crippen LogP contribution in [-0.4, -0.2) is 33.7 Å². The lowest BCUT2D eigenvalue weighted by atomic mass is 10.1. The Morgan fingerprint density at radius 2 is 2.14 bits per heavy atom. The highest BCUT2D eigenvalue weighted by Crippen LogP contribution is 2.28. The summed E-state index contributed by atoms with van der Waals surface area (Å²) in [5, 5.41) is 2.90. The number of anilines is 1. The van der Waals surface area contributed by atoms with Crippen molar-refractivity contribution in [1.82, 2.24) is 5.32 Å². The van der Waals surface area contributed by atoms with Gasteiger partial charge in [-0.2, -0.15) is 0 Å². The van der Waals surface area contributed by atoms with E-state index in [1.165, 1.54) is 11.3 Å². The fourth-order valence-corrected chi connectivity index (χ4v) is 3.15. The van der Waals surface area contributed by atoms with Gasteiger partial charge in [0.1, 0.15) is 6.10 Å². The number of hydrogen-bond donors (Lipinski definition) is 1. The Balaban J connectivity index is 2.01. The Morgan fingerprint density at radius 3 is 2.73 bits per heavy atom. The zero-order valence-corrected chi connectivity index (χ0v) is 14.4. The number of carbonyl (C=O) groups is 1. The molecule has 6 heteroatoms. The van der Waals surface area contributed by atoms with E-state index in [4.69, 9.17) is 16.3 Å². The summed E-state index contributed by atoms with van der Waals surface area (Å²) >= 11 is 7.39. The lowest BCUT2D eigenvalue weighted by Gasteiger charge is -2.16. The van der Waals surface area contributed by atoms with Crippen molar-refractivity contribution in [3.05, 3.63) is 51.2 Å². The molecule has 1 aromatic carbocycles. The third-order valence-electron chi connectivity index (χ3n) is 3.27. The van der Waals surface area contributed by atoms with Crippen molar-refractivity contribution in [2.45, 2.75) is 6.10 Å². The van der Waals surface area contributed by atoms with E-state index in [1.54, 1.807) is 13.2 Å². The first-order valence-corrected chi connectivity index (χ1v) is 8.04. The molecule has 0 aliphatic carbocycles. The predicted molar refractivity (Wildman–Crippen MR) is 92.2 cm³/mol. The first-order valence-electron chi connectivity index (χ1n) is 6.85. The minimum Gasteiger partial charge on any atom is -0.378 e. The zero-order valence-electron chi connectivity index (χ0n) is 12.8. The molecule has 2 aromatic rings. The maximum atomic E-state index is 12.3. The molecule has 0 unspecified atom stereocenters. The predicted octanol–water partition coefficient (Wildman–Crippen LogP) is 3.59. The first-order chi connectivity index (χ1) is 10.5. The summed E-state index contributed by atoms with van der Waals surface area (Å²) in [5.41, 5.74) is 1.62. The fourth-order valence-electron chi connectivity index (χ4n) is 2.01. The van der Waals surface area contributed by atoms with Gasteiger partial charge in [-0.15, -0.1) is 11.3 Å². The number of amides is 1. The number of nitrogens with one attached hydrogen (secondary N) is 1. The molecule has 0 radical (unpaired) electrons. The molecule has 0 bridgehead atoms. The van der Waals surface area contributed by atoms with Gasteiger partial charge in [-0.3, -0.25) is 4.79 Å². The Hall–Kier alpha value is -1.56. The van der Waals surface area contributed by atoms with Gasteiger partial charge in [0.05, 0.1) is 4.34 Å². The number of hydrogen-bond acceptors (Lipinski definition) is 4. The van der Waals surface area contributed by atoms with E-state index in [9.17, 15) is 4.79 Å². The molecule has 118 valence electrons.